The Hall–Kier alpha value is -0.870. The van der Waals surface area contributed by atoms with Gasteiger partial charge in [-0.2, -0.15) is 0 Å². The van der Waals surface area contributed by atoms with Gasteiger partial charge in [0.1, 0.15) is 0 Å². The predicted octanol–water partition coefficient (Wildman–Crippen LogP) is 2.26. The van der Waals surface area contributed by atoms with Crippen LogP contribution >= 0.6 is 15.9 Å². The van der Waals surface area contributed by atoms with Crippen LogP contribution in [0.25, 0.3) is 0 Å². The van der Waals surface area contributed by atoms with Crippen molar-refractivity contribution in [2.45, 2.75) is 26.4 Å². The summed E-state index contributed by atoms with van der Waals surface area (Å²) in [5.74, 6) is -0.147. The molecule has 0 saturated heterocycles. The van der Waals surface area contributed by atoms with Gasteiger partial charge in [-0.15, -0.1) is 0 Å². The number of amides is 1. The molecule has 0 bridgehead atoms. The number of aliphatic hydroxyl groups is 1. The van der Waals surface area contributed by atoms with Crippen LogP contribution in [0.5, 0.6) is 0 Å². The molecule has 0 aromatic heterocycles. The van der Waals surface area contributed by atoms with Gasteiger partial charge < -0.3 is 10.4 Å². The van der Waals surface area contributed by atoms with E-state index in [9.17, 15) is 9.90 Å². The minimum absolute atomic E-state index is 0.147. The van der Waals surface area contributed by atoms with Crippen molar-refractivity contribution in [2.24, 2.45) is 0 Å². The summed E-state index contributed by atoms with van der Waals surface area (Å²) in [4.78, 5) is 11.8. The Morgan fingerprint density at radius 1 is 1.56 bits per heavy atom. The third-order valence-corrected chi connectivity index (χ3v) is 2.91. The largest absolute Gasteiger partial charge is 0.391 e. The maximum atomic E-state index is 11.8. The molecule has 0 fully saturated rings. The molecule has 1 unspecified atom stereocenters. The van der Waals surface area contributed by atoms with Gasteiger partial charge in [-0.25, -0.2) is 0 Å². The van der Waals surface area contributed by atoms with E-state index in [1.807, 2.05) is 26.0 Å². The molecule has 0 heterocycles. The molecular weight excluding hydrogens is 270 g/mol. The standard InChI is InChI=1S/C12H16BrNO2/c1-3-10(15)7-14-12(16)11-6-9(13)5-4-8(11)2/h4-6,10,15H,3,7H2,1-2H3,(H,14,16). The molecule has 2 N–H and O–H groups in total. The number of nitrogens with one attached hydrogen (secondary N) is 1. The Kier molecular flexibility index (Phi) is 4.96. The van der Waals surface area contributed by atoms with Crippen molar-refractivity contribution < 1.29 is 9.90 Å². The molecule has 1 aromatic carbocycles. The zero-order valence-electron chi connectivity index (χ0n) is 9.46. The van der Waals surface area contributed by atoms with Gasteiger partial charge in [0.15, 0.2) is 0 Å². The lowest BCUT2D eigenvalue weighted by molar-refractivity contribution is 0.0913. The third kappa shape index (κ3) is 3.61. The molecule has 0 aliphatic rings. The predicted molar refractivity (Wildman–Crippen MR) is 67.5 cm³/mol. The molecule has 1 amide bonds. The fourth-order valence-electron chi connectivity index (χ4n) is 1.29. The minimum atomic E-state index is -0.476. The highest BCUT2D eigenvalue weighted by atomic mass is 79.9. The zero-order valence-corrected chi connectivity index (χ0v) is 11.0. The van der Waals surface area contributed by atoms with Crippen molar-refractivity contribution in [3.63, 3.8) is 0 Å². The van der Waals surface area contributed by atoms with Crippen LogP contribution in [-0.4, -0.2) is 23.7 Å². The molecule has 0 saturated carbocycles. The van der Waals surface area contributed by atoms with Crippen LogP contribution in [0.4, 0.5) is 0 Å². The van der Waals surface area contributed by atoms with Crippen LogP contribution in [0.1, 0.15) is 29.3 Å². The molecule has 0 spiro atoms. The second-order valence-corrected chi connectivity index (χ2v) is 4.65. The first-order chi connectivity index (χ1) is 7.54. The van der Waals surface area contributed by atoms with E-state index in [0.717, 1.165) is 10.0 Å². The number of aliphatic hydroxyl groups excluding tert-OH is 1. The Morgan fingerprint density at radius 3 is 2.88 bits per heavy atom. The van der Waals surface area contributed by atoms with Crippen molar-refractivity contribution in [1.82, 2.24) is 5.32 Å². The van der Waals surface area contributed by atoms with Gasteiger partial charge >= 0.3 is 0 Å². The third-order valence-electron chi connectivity index (χ3n) is 2.41. The molecule has 0 aliphatic heterocycles. The fourth-order valence-corrected chi connectivity index (χ4v) is 1.65. The van der Waals surface area contributed by atoms with Gasteiger partial charge in [-0.05, 0) is 31.0 Å². The first kappa shape index (κ1) is 13.2. The molecule has 16 heavy (non-hydrogen) atoms. The van der Waals surface area contributed by atoms with Crippen molar-refractivity contribution in [3.05, 3.63) is 33.8 Å². The molecule has 1 rings (SSSR count). The number of hydrogen-bond acceptors (Lipinski definition) is 2. The van der Waals surface area contributed by atoms with Crippen LogP contribution in [0.3, 0.4) is 0 Å². The maximum Gasteiger partial charge on any atom is 0.251 e. The van der Waals surface area contributed by atoms with Crippen LogP contribution in [-0.2, 0) is 0 Å². The highest BCUT2D eigenvalue weighted by Gasteiger charge is 2.10. The van der Waals surface area contributed by atoms with E-state index in [-0.39, 0.29) is 5.91 Å². The first-order valence-corrected chi connectivity index (χ1v) is 6.06. The van der Waals surface area contributed by atoms with Crippen LogP contribution in [0.2, 0.25) is 0 Å². The van der Waals surface area contributed by atoms with Crippen molar-refractivity contribution >= 4 is 21.8 Å². The van der Waals surface area contributed by atoms with Crippen molar-refractivity contribution in [3.8, 4) is 0 Å². The lowest BCUT2D eigenvalue weighted by Crippen LogP contribution is -2.32. The van der Waals surface area contributed by atoms with E-state index in [1.54, 1.807) is 6.07 Å². The summed E-state index contributed by atoms with van der Waals surface area (Å²) >= 11 is 3.33. The highest BCUT2D eigenvalue weighted by molar-refractivity contribution is 9.10. The average molecular weight is 286 g/mol. The van der Waals surface area contributed by atoms with E-state index in [1.165, 1.54) is 0 Å². The van der Waals surface area contributed by atoms with Gasteiger partial charge in [0, 0.05) is 16.6 Å². The topological polar surface area (TPSA) is 49.3 Å². The fraction of sp³-hybridized carbons (Fsp3) is 0.417. The lowest BCUT2D eigenvalue weighted by atomic mass is 10.1. The summed E-state index contributed by atoms with van der Waals surface area (Å²) in [5.41, 5.74) is 1.56. The number of benzene rings is 1. The second kappa shape index (κ2) is 6.01. The summed E-state index contributed by atoms with van der Waals surface area (Å²) in [6.07, 6.45) is 0.161. The normalized spacial score (nSPS) is 12.2. The summed E-state index contributed by atoms with van der Waals surface area (Å²) in [5, 5.41) is 12.1. The van der Waals surface area contributed by atoms with E-state index in [0.29, 0.717) is 18.5 Å². The number of aryl methyl sites for hydroxylation is 1. The number of rotatable bonds is 4. The SMILES string of the molecule is CCC(O)CNC(=O)c1cc(Br)ccc1C. The number of carbonyl (C=O) groups is 1. The second-order valence-electron chi connectivity index (χ2n) is 3.73. The van der Waals surface area contributed by atoms with E-state index < -0.39 is 6.10 Å². The number of halogens is 1. The lowest BCUT2D eigenvalue weighted by Gasteiger charge is -2.11. The van der Waals surface area contributed by atoms with Crippen molar-refractivity contribution in [2.75, 3.05) is 6.54 Å². The summed E-state index contributed by atoms with van der Waals surface area (Å²) in [6, 6.07) is 5.56. The molecule has 1 aromatic rings. The highest BCUT2D eigenvalue weighted by Crippen LogP contribution is 2.15. The van der Waals surface area contributed by atoms with Gasteiger partial charge in [0.2, 0.25) is 0 Å². The van der Waals surface area contributed by atoms with Crippen molar-refractivity contribution in [1.29, 1.82) is 0 Å². The van der Waals surface area contributed by atoms with Crippen LogP contribution in [0.15, 0.2) is 22.7 Å². The van der Waals surface area contributed by atoms with E-state index in [4.69, 9.17) is 0 Å². The molecule has 88 valence electrons. The van der Waals surface area contributed by atoms with E-state index >= 15 is 0 Å². The maximum absolute atomic E-state index is 11.8. The monoisotopic (exact) mass is 285 g/mol. The Morgan fingerprint density at radius 2 is 2.25 bits per heavy atom. The van der Waals surface area contributed by atoms with E-state index in [2.05, 4.69) is 21.2 Å². The molecular formula is C12H16BrNO2. The summed E-state index contributed by atoms with van der Waals surface area (Å²) in [6.45, 7) is 4.06. The molecule has 4 heteroatoms. The quantitative estimate of drug-likeness (QED) is 0.892. The average Bonchev–Trinajstić information content (AvgIpc) is 2.28. The van der Waals surface area contributed by atoms with Gasteiger partial charge in [-0.1, -0.05) is 28.9 Å². The Bertz CT molecular complexity index is 379. The first-order valence-electron chi connectivity index (χ1n) is 5.27. The Balaban J connectivity index is 2.69. The summed E-state index contributed by atoms with van der Waals surface area (Å²) < 4.78 is 0.874. The number of carbonyl (C=O) groups excluding carboxylic acids is 1. The van der Waals surface area contributed by atoms with Gasteiger partial charge in [0.05, 0.1) is 6.10 Å². The smallest absolute Gasteiger partial charge is 0.251 e. The Labute approximate surface area is 104 Å². The molecule has 0 radical (unpaired) electrons. The minimum Gasteiger partial charge on any atom is -0.391 e. The molecule has 0 aliphatic carbocycles. The van der Waals surface area contributed by atoms with Crippen LogP contribution in [0, 0.1) is 6.92 Å². The van der Waals surface area contributed by atoms with Gasteiger partial charge in [-0.3, -0.25) is 4.79 Å². The number of hydrogen-bond donors (Lipinski definition) is 2. The molecule has 3 nitrogen and oxygen atoms in total. The zero-order chi connectivity index (χ0) is 12.1. The van der Waals surface area contributed by atoms with Gasteiger partial charge in [0.25, 0.3) is 5.91 Å². The molecule has 1 atom stereocenters. The van der Waals surface area contributed by atoms with Crippen LogP contribution < -0.4 is 5.32 Å². The summed E-state index contributed by atoms with van der Waals surface area (Å²) in [7, 11) is 0.